The summed E-state index contributed by atoms with van der Waals surface area (Å²) in [6, 6.07) is 7.87. The average Bonchev–Trinajstić information content (AvgIpc) is 2.81. The molecule has 178 valence electrons. The second-order valence-corrected chi connectivity index (χ2v) is 9.67. The zero-order valence-electron chi connectivity index (χ0n) is 18.7. The van der Waals surface area contributed by atoms with Crippen LogP contribution in [0, 0.1) is 10.1 Å². The number of sulfonamides is 1. The number of phenols is 1. The Bertz CT molecular complexity index is 1140. The molecule has 1 aliphatic rings. The van der Waals surface area contributed by atoms with E-state index < -0.39 is 20.9 Å². The van der Waals surface area contributed by atoms with Gasteiger partial charge in [0.2, 0.25) is 10.0 Å². The number of nitrogens with one attached hydrogen (secondary N) is 1. The van der Waals surface area contributed by atoms with Gasteiger partial charge in [0, 0.05) is 37.8 Å². The van der Waals surface area contributed by atoms with E-state index in [2.05, 4.69) is 5.32 Å². The van der Waals surface area contributed by atoms with Crippen molar-refractivity contribution in [1.29, 1.82) is 0 Å². The first-order valence-corrected chi connectivity index (χ1v) is 12.3. The molecule has 33 heavy (non-hydrogen) atoms. The molecule has 11 heteroatoms. The predicted octanol–water partition coefficient (Wildman–Crippen LogP) is 3.57. The van der Waals surface area contributed by atoms with E-state index in [4.69, 9.17) is 0 Å². The Morgan fingerprint density at radius 2 is 1.79 bits per heavy atom. The number of nitrogens with zero attached hydrogens (tertiary/aromatic N) is 3. The SMILES string of the molecule is CCN(CC)S(=O)(=O)c1ccc(O)c(NC(=O)c2ccc(N3CCCCC3)c([N+](=O)[O-])c2)c1. The number of anilines is 2. The molecule has 1 amide bonds. The summed E-state index contributed by atoms with van der Waals surface area (Å²) >= 11 is 0. The predicted molar refractivity (Wildman–Crippen MR) is 125 cm³/mol. The van der Waals surface area contributed by atoms with Gasteiger partial charge in [-0.2, -0.15) is 4.31 Å². The Hall–Kier alpha value is -3.18. The number of nitro benzene ring substituents is 1. The van der Waals surface area contributed by atoms with Gasteiger partial charge in [0.25, 0.3) is 11.6 Å². The molecule has 2 aromatic carbocycles. The molecule has 1 fully saturated rings. The maximum Gasteiger partial charge on any atom is 0.293 e. The number of phenolic OH excluding ortho intramolecular Hbond substituents is 1. The van der Waals surface area contributed by atoms with Crippen molar-refractivity contribution in [3.8, 4) is 5.75 Å². The van der Waals surface area contributed by atoms with Crippen molar-refractivity contribution in [3.05, 3.63) is 52.1 Å². The maximum absolute atomic E-state index is 12.8. The van der Waals surface area contributed by atoms with Crippen molar-refractivity contribution >= 4 is 33.0 Å². The third kappa shape index (κ3) is 5.25. The fourth-order valence-corrected chi connectivity index (χ4v) is 5.38. The lowest BCUT2D eigenvalue weighted by Crippen LogP contribution is -2.30. The van der Waals surface area contributed by atoms with E-state index in [-0.39, 0.29) is 40.7 Å². The third-order valence-corrected chi connectivity index (χ3v) is 7.74. The smallest absolute Gasteiger partial charge is 0.293 e. The summed E-state index contributed by atoms with van der Waals surface area (Å²) in [4.78, 5) is 25.8. The standard InChI is InChI=1S/C22H28N4O6S/c1-3-25(4-2)33(31,32)17-9-11-21(27)18(15-17)23-22(28)16-8-10-19(20(14-16)26(29)30)24-12-6-5-7-13-24/h8-11,14-15,27H,3-7,12-13H2,1-2H3,(H,23,28). The van der Waals surface area contributed by atoms with Crippen LogP contribution in [0.5, 0.6) is 5.75 Å². The van der Waals surface area contributed by atoms with Crippen LogP contribution in [0.3, 0.4) is 0 Å². The number of amides is 1. The van der Waals surface area contributed by atoms with Gasteiger partial charge in [-0.05, 0) is 49.6 Å². The van der Waals surface area contributed by atoms with Gasteiger partial charge in [0.15, 0.2) is 0 Å². The number of rotatable bonds is 8. The van der Waals surface area contributed by atoms with E-state index in [9.17, 15) is 28.4 Å². The summed E-state index contributed by atoms with van der Waals surface area (Å²) in [5.41, 5.74) is 0.216. The summed E-state index contributed by atoms with van der Waals surface area (Å²) < 4.78 is 26.8. The van der Waals surface area contributed by atoms with Crippen LogP contribution in [0.4, 0.5) is 17.1 Å². The minimum Gasteiger partial charge on any atom is -0.506 e. The van der Waals surface area contributed by atoms with Crippen LogP contribution < -0.4 is 10.2 Å². The van der Waals surface area contributed by atoms with Gasteiger partial charge in [-0.3, -0.25) is 14.9 Å². The van der Waals surface area contributed by atoms with E-state index in [0.29, 0.717) is 18.8 Å². The molecule has 1 saturated heterocycles. The van der Waals surface area contributed by atoms with Crippen molar-refractivity contribution in [2.45, 2.75) is 38.0 Å². The molecule has 2 aromatic rings. The molecule has 0 spiro atoms. The molecule has 10 nitrogen and oxygen atoms in total. The first-order valence-electron chi connectivity index (χ1n) is 10.9. The molecule has 0 bridgehead atoms. The molecule has 1 aliphatic heterocycles. The number of aromatic hydroxyl groups is 1. The number of carbonyl (C=O) groups is 1. The first kappa shape index (κ1) is 24.5. The fraction of sp³-hybridized carbons (Fsp3) is 0.409. The molecule has 0 unspecified atom stereocenters. The summed E-state index contributed by atoms with van der Waals surface area (Å²) in [5.74, 6) is -1.02. The quantitative estimate of drug-likeness (QED) is 0.338. The number of hydrogen-bond acceptors (Lipinski definition) is 7. The van der Waals surface area contributed by atoms with Crippen molar-refractivity contribution in [1.82, 2.24) is 4.31 Å². The van der Waals surface area contributed by atoms with Crippen LogP contribution in [0.1, 0.15) is 43.5 Å². The van der Waals surface area contributed by atoms with Gasteiger partial charge >= 0.3 is 0 Å². The number of piperidine rings is 1. The van der Waals surface area contributed by atoms with E-state index in [1.807, 2.05) is 4.90 Å². The van der Waals surface area contributed by atoms with E-state index in [0.717, 1.165) is 19.3 Å². The van der Waals surface area contributed by atoms with Crippen molar-refractivity contribution in [2.75, 3.05) is 36.4 Å². The molecule has 2 N–H and O–H groups in total. The normalized spacial score (nSPS) is 14.3. The molecular weight excluding hydrogens is 448 g/mol. The minimum absolute atomic E-state index is 0.0267. The summed E-state index contributed by atoms with van der Waals surface area (Å²) in [5, 5.41) is 24.3. The number of hydrogen-bond donors (Lipinski definition) is 2. The molecule has 0 aromatic heterocycles. The number of benzene rings is 2. The zero-order chi connectivity index (χ0) is 24.2. The monoisotopic (exact) mass is 476 g/mol. The molecule has 0 saturated carbocycles. The van der Waals surface area contributed by atoms with E-state index in [1.165, 1.54) is 34.6 Å². The van der Waals surface area contributed by atoms with Gasteiger partial charge < -0.3 is 15.3 Å². The van der Waals surface area contributed by atoms with Crippen LogP contribution in [-0.4, -0.2) is 54.8 Å². The summed E-state index contributed by atoms with van der Waals surface area (Å²) in [6.45, 7) is 5.40. The van der Waals surface area contributed by atoms with Gasteiger partial charge in [-0.15, -0.1) is 0 Å². The van der Waals surface area contributed by atoms with Crippen LogP contribution >= 0.6 is 0 Å². The Balaban J connectivity index is 1.89. The average molecular weight is 477 g/mol. The lowest BCUT2D eigenvalue weighted by molar-refractivity contribution is -0.384. The van der Waals surface area contributed by atoms with Crippen molar-refractivity contribution in [2.24, 2.45) is 0 Å². The fourth-order valence-electron chi connectivity index (χ4n) is 3.90. The third-order valence-electron chi connectivity index (χ3n) is 5.69. The van der Waals surface area contributed by atoms with Crippen LogP contribution in [0.2, 0.25) is 0 Å². The van der Waals surface area contributed by atoms with Gasteiger partial charge in [-0.1, -0.05) is 13.8 Å². The van der Waals surface area contributed by atoms with Gasteiger partial charge in [0.1, 0.15) is 11.4 Å². The highest BCUT2D eigenvalue weighted by Gasteiger charge is 2.25. The molecule has 0 radical (unpaired) electrons. The van der Waals surface area contributed by atoms with Crippen LogP contribution in [-0.2, 0) is 10.0 Å². The Kier molecular flexibility index (Phi) is 7.54. The van der Waals surface area contributed by atoms with Gasteiger partial charge in [0.05, 0.1) is 15.5 Å². The molecule has 0 atom stereocenters. The van der Waals surface area contributed by atoms with Crippen LogP contribution in [0.25, 0.3) is 0 Å². The molecular formula is C22H28N4O6S. The lowest BCUT2D eigenvalue weighted by atomic mass is 10.1. The second-order valence-electron chi connectivity index (χ2n) is 7.73. The number of carbonyl (C=O) groups excluding carboxylic acids is 1. The second kappa shape index (κ2) is 10.2. The lowest BCUT2D eigenvalue weighted by Gasteiger charge is -2.28. The Morgan fingerprint density at radius 1 is 1.12 bits per heavy atom. The Labute approximate surface area is 193 Å². The van der Waals surface area contributed by atoms with E-state index >= 15 is 0 Å². The minimum atomic E-state index is -3.80. The number of nitro groups is 1. The van der Waals surface area contributed by atoms with Gasteiger partial charge in [-0.25, -0.2) is 8.42 Å². The van der Waals surface area contributed by atoms with Crippen LogP contribution in [0.15, 0.2) is 41.3 Å². The molecule has 0 aliphatic carbocycles. The topological polar surface area (TPSA) is 133 Å². The van der Waals surface area contributed by atoms with Crippen molar-refractivity contribution < 1.29 is 23.2 Å². The maximum atomic E-state index is 12.8. The molecule has 1 heterocycles. The van der Waals surface area contributed by atoms with E-state index in [1.54, 1.807) is 19.9 Å². The first-order chi connectivity index (χ1) is 15.7. The largest absolute Gasteiger partial charge is 0.506 e. The highest BCUT2D eigenvalue weighted by Crippen LogP contribution is 2.33. The summed E-state index contributed by atoms with van der Waals surface area (Å²) in [7, 11) is -3.80. The summed E-state index contributed by atoms with van der Waals surface area (Å²) in [6.07, 6.45) is 2.98. The Morgan fingerprint density at radius 3 is 2.39 bits per heavy atom. The van der Waals surface area contributed by atoms with Crippen molar-refractivity contribution in [3.63, 3.8) is 0 Å². The zero-order valence-corrected chi connectivity index (χ0v) is 19.5. The highest BCUT2D eigenvalue weighted by molar-refractivity contribution is 7.89. The highest BCUT2D eigenvalue weighted by atomic mass is 32.2. The molecule has 3 rings (SSSR count).